The summed E-state index contributed by atoms with van der Waals surface area (Å²) < 4.78 is 4.86. The van der Waals surface area contributed by atoms with Crippen molar-refractivity contribution in [3.63, 3.8) is 0 Å². The van der Waals surface area contributed by atoms with Crippen molar-refractivity contribution in [2.45, 2.75) is 38.3 Å². The van der Waals surface area contributed by atoms with Crippen LogP contribution in [-0.4, -0.2) is 55.4 Å². The number of aliphatic hydroxyl groups excluding tert-OH is 1. The summed E-state index contributed by atoms with van der Waals surface area (Å²) in [5, 5.41) is 9.64. The topological polar surface area (TPSA) is 75.8 Å². The fraction of sp³-hybridized carbons (Fsp3) is 0.923. The average Bonchev–Trinajstić information content (AvgIpc) is 2.28. The van der Waals surface area contributed by atoms with Gasteiger partial charge in [-0.3, -0.25) is 4.79 Å². The highest BCUT2D eigenvalue weighted by Gasteiger charge is 2.32. The van der Waals surface area contributed by atoms with Gasteiger partial charge in [0.1, 0.15) is 0 Å². The van der Waals surface area contributed by atoms with Gasteiger partial charge in [0.2, 0.25) is 5.91 Å². The lowest BCUT2D eigenvalue weighted by atomic mass is 9.77. The lowest BCUT2D eigenvalue weighted by molar-refractivity contribution is -0.138. The summed E-state index contributed by atoms with van der Waals surface area (Å²) in [5.74, 6) is 0.484. The maximum atomic E-state index is 12.3. The molecule has 18 heavy (non-hydrogen) atoms. The molecular formula is C13H26N2O3. The van der Waals surface area contributed by atoms with Crippen molar-refractivity contribution in [2.75, 3.05) is 27.3 Å². The van der Waals surface area contributed by atoms with Crippen molar-refractivity contribution in [1.82, 2.24) is 4.90 Å². The van der Waals surface area contributed by atoms with Crippen molar-refractivity contribution < 1.29 is 14.6 Å². The van der Waals surface area contributed by atoms with E-state index in [0.717, 1.165) is 19.3 Å². The Morgan fingerprint density at radius 1 is 1.56 bits per heavy atom. The van der Waals surface area contributed by atoms with Crippen LogP contribution in [0.1, 0.15) is 26.2 Å². The molecule has 3 N–H and O–H groups in total. The van der Waals surface area contributed by atoms with Crippen LogP contribution in [-0.2, 0) is 9.53 Å². The Morgan fingerprint density at radius 2 is 2.22 bits per heavy atom. The summed E-state index contributed by atoms with van der Waals surface area (Å²) in [6, 6.07) is 0.230. The second-order valence-corrected chi connectivity index (χ2v) is 5.48. The van der Waals surface area contributed by atoms with Crippen molar-refractivity contribution in [2.24, 2.45) is 17.6 Å². The molecule has 5 heteroatoms. The number of likely N-dealkylation sites (N-methyl/N-ethyl adjacent to an activating group) is 1. The van der Waals surface area contributed by atoms with Crippen molar-refractivity contribution >= 4 is 5.91 Å². The molecule has 1 aliphatic carbocycles. The van der Waals surface area contributed by atoms with Crippen LogP contribution in [0.25, 0.3) is 0 Å². The first-order valence-corrected chi connectivity index (χ1v) is 6.63. The van der Waals surface area contributed by atoms with E-state index < -0.39 is 6.10 Å². The number of hydrogen-bond donors (Lipinski definition) is 2. The van der Waals surface area contributed by atoms with Gasteiger partial charge in [-0.15, -0.1) is 0 Å². The molecule has 0 aliphatic heterocycles. The normalized spacial score (nSPS) is 29.9. The Labute approximate surface area is 109 Å². The van der Waals surface area contributed by atoms with Gasteiger partial charge in [-0.2, -0.15) is 0 Å². The summed E-state index contributed by atoms with van der Waals surface area (Å²) >= 11 is 0. The van der Waals surface area contributed by atoms with E-state index in [4.69, 9.17) is 10.5 Å². The molecule has 1 saturated carbocycles. The van der Waals surface area contributed by atoms with Crippen LogP contribution in [0.3, 0.4) is 0 Å². The molecule has 1 fully saturated rings. The minimum atomic E-state index is -0.620. The number of aliphatic hydroxyl groups is 1. The molecular weight excluding hydrogens is 232 g/mol. The quantitative estimate of drug-likeness (QED) is 0.739. The van der Waals surface area contributed by atoms with Crippen molar-refractivity contribution in [1.29, 1.82) is 0 Å². The Bertz CT molecular complexity index is 273. The third-order valence-electron chi connectivity index (χ3n) is 3.75. The predicted molar refractivity (Wildman–Crippen MR) is 70.0 cm³/mol. The highest BCUT2D eigenvalue weighted by Crippen LogP contribution is 2.30. The lowest BCUT2D eigenvalue weighted by Gasteiger charge is -2.34. The number of hydrogen-bond acceptors (Lipinski definition) is 4. The van der Waals surface area contributed by atoms with E-state index in [1.807, 2.05) is 0 Å². The minimum absolute atomic E-state index is 0.0459. The molecule has 5 nitrogen and oxygen atoms in total. The maximum Gasteiger partial charge on any atom is 0.225 e. The molecule has 0 aromatic heterocycles. The van der Waals surface area contributed by atoms with Gasteiger partial charge in [-0.05, 0) is 25.2 Å². The third-order valence-corrected chi connectivity index (χ3v) is 3.75. The molecule has 0 saturated heterocycles. The number of methoxy groups -OCH3 is 1. The highest BCUT2D eigenvalue weighted by atomic mass is 16.5. The molecule has 1 aliphatic rings. The number of rotatable bonds is 5. The molecule has 4 atom stereocenters. The monoisotopic (exact) mass is 258 g/mol. The average molecular weight is 258 g/mol. The first kappa shape index (κ1) is 15.4. The Balaban J connectivity index is 2.47. The number of nitrogens with zero attached hydrogens (tertiary/aromatic N) is 1. The minimum Gasteiger partial charge on any atom is -0.389 e. The van der Waals surface area contributed by atoms with E-state index in [-0.39, 0.29) is 24.5 Å². The molecule has 0 bridgehead atoms. The van der Waals surface area contributed by atoms with Crippen molar-refractivity contribution in [3.8, 4) is 0 Å². The van der Waals surface area contributed by atoms with E-state index in [0.29, 0.717) is 12.5 Å². The van der Waals surface area contributed by atoms with Crippen molar-refractivity contribution in [3.05, 3.63) is 0 Å². The molecule has 4 unspecified atom stereocenters. The standard InChI is InChI=1S/C13H26N2O3/c1-9-6-10(14)4-5-12(9)13(17)15(2)7-11(16)8-18-3/h9-12,16H,4-8,14H2,1-3H3. The van der Waals surface area contributed by atoms with E-state index in [9.17, 15) is 9.90 Å². The largest absolute Gasteiger partial charge is 0.389 e. The molecule has 106 valence electrons. The Morgan fingerprint density at radius 3 is 2.78 bits per heavy atom. The zero-order valence-electron chi connectivity index (χ0n) is 11.6. The van der Waals surface area contributed by atoms with Crippen LogP contribution in [0.4, 0.5) is 0 Å². The number of carbonyl (C=O) groups excluding carboxylic acids is 1. The highest BCUT2D eigenvalue weighted by molar-refractivity contribution is 5.79. The molecule has 0 spiro atoms. The van der Waals surface area contributed by atoms with Gasteiger partial charge in [-0.1, -0.05) is 6.92 Å². The second-order valence-electron chi connectivity index (χ2n) is 5.48. The summed E-state index contributed by atoms with van der Waals surface area (Å²) in [6.07, 6.45) is 2.05. The smallest absolute Gasteiger partial charge is 0.225 e. The number of amides is 1. The fourth-order valence-corrected chi connectivity index (χ4v) is 2.74. The van der Waals surface area contributed by atoms with E-state index in [1.165, 1.54) is 7.11 Å². The summed E-state index contributed by atoms with van der Waals surface area (Å²) in [6.45, 7) is 2.66. The van der Waals surface area contributed by atoms with Gasteiger partial charge < -0.3 is 20.5 Å². The Hall–Kier alpha value is -0.650. The van der Waals surface area contributed by atoms with Gasteiger partial charge in [0.25, 0.3) is 0 Å². The molecule has 0 aromatic rings. The Kier molecular flexibility index (Phi) is 6.05. The summed E-state index contributed by atoms with van der Waals surface area (Å²) in [4.78, 5) is 13.9. The number of carbonyl (C=O) groups is 1. The SMILES string of the molecule is COCC(O)CN(C)C(=O)C1CCC(N)CC1C. The van der Waals surface area contributed by atoms with Gasteiger partial charge in [0.05, 0.1) is 12.7 Å². The second kappa shape index (κ2) is 7.07. The third kappa shape index (κ3) is 4.23. The summed E-state index contributed by atoms with van der Waals surface area (Å²) in [5.41, 5.74) is 5.90. The molecule has 1 rings (SSSR count). The predicted octanol–water partition coefficient (Wildman–Crippen LogP) is 0.216. The lowest BCUT2D eigenvalue weighted by Crippen LogP contribution is -2.44. The number of ether oxygens (including phenoxy) is 1. The van der Waals surface area contributed by atoms with Gasteiger partial charge in [0, 0.05) is 32.7 Å². The molecule has 0 heterocycles. The fourth-order valence-electron chi connectivity index (χ4n) is 2.74. The zero-order chi connectivity index (χ0) is 13.7. The van der Waals surface area contributed by atoms with Gasteiger partial charge >= 0.3 is 0 Å². The van der Waals surface area contributed by atoms with Crippen LogP contribution >= 0.6 is 0 Å². The van der Waals surface area contributed by atoms with E-state index in [2.05, 4.69) is 6.92 Å². The zero-order valence-corrected chi connectivity index (χ0v) is 11.6. The van der Waals surface area contributed by atoms with Crippen LogP contribution in [0.2, 0.25) is 0 Å². The molecule has 0 radical (unpaired) electrons. The first-order valence-electron chi connectivity index (χ1n) is 6.63. The maximum absolute atomic E-state index is 12.3. The van der Waals surface area contributed by atoms with Crippen LogP contribution in [0.5, 0.6) is 0 Å². The van der Waals surface area contributed by atoms with Crippen LogP contribution in [0, 0.1) is 11.8 Å². The number of nitrogens with two attached hydrogens (primary N) is 1. The van der Waals surface area contributed by atoms with Crippen LogP contribution in [0.15, 0.2) is 0 Å². The summed E-state index contributed by atoms with van der Waals surface area (Å²) in [7, 11) is 3.28. The molecule has 0 aromatic carbocycles. The van der Waals surface area contributed by atoms with E-state index in [1.54, 1.807) is 11.9 Å². The van der Waals surface area contributed by atoms with Gasteiger partial charge in [0.15, 0.2) is 0 Å². The van der Waals surface area contributed by atoms with E-state index >= 15 is 0 Å². The van der Waals surface area contributed by atoms with Crippen LogP contribution < -0.4 is 5.73 Å². The van der Waals surface area contributed by atoms with Gasteiger partial charge in [-0.25, -0.2) is 0 Å². The first-order chi connectivity index (χ1) is 8.45. The molecule has 1 amide bonds.